The molecule has 2 amide bonds. The van der Waals surface area contributed by atoms with Crippen molar-refractivity contribution in [1.82, 2.24) is 20.5 Å². The van der Waals surface area contributed by atoms with Crippen molar-refractivity contribution in [2.24, 2.45) is 28.3 Å². The number of nitrogens with zero attached hydrogens (tertiary/aromatic N) is 3. The van der Waals surface area contributed by atoms with Gasteiger partial charge in [0.25, 0.3) is 5.89 Å². The summed E-state index contributed by atoms with van der Waals surface area (Å²) in [5.41, 5.74) is 10.7. The fourth-order valence-corrected chi connectivity index (χ4v) is 4.52. The molecule has 0 aromatic carbocycles. The summed E-state index contributed by atoms with van der Waals surface area (Å²) in [6, 6.07) is -0.834. The van der Waals surface area contributed by atoms with Crippen LogP contribution in [0.4, 0.5) is 0 Å². The smallest absolute Gasteiger partial charge is 0.265 e. The van der Waals surface area contributed by atoms with Gasteiger partial charge in [0, 0.05) is 19.0 Å². The minimum atomic E-state index is -0.834. The molecule has 0 radical (unpaired) electrons. The summed E-state index contributed by atoms with van der Waals surface area (Å²) in [4.78, 5) is 47.6. The van der Waals surface area contributed by atoms with Crippen LogP contribution in [0.15, 0.2) is 21.9 Å². The Bertz CT molecular complexity index is 817. The number of nitrogens with two attached hydrogens (primary N) is 2. The third-order valence-electron chi connectivity index (χ3n) is 6.37. The van der Waals surface area contributed by atoms with Crippen LogP contribution in [0.1, 0.15) is 55.6 Å². The maximum absolute atomic E-state index is 12.8. The van der Waals surface area contributed by atoms with Crippen LogP contribution in [0.5, 0.6) is 0 Å². The van der Waals surface area contributed by atoms with Gasteiger partial charge in [-0.25, -0.2) is 4.98 Å². The molecule has 2 fully saturated rings. The number of guanidine groups is 1. The first-order valence-corrected chi connectivity index (χ1v) is 11.7. The number of rotatable bonds is 12. The first-order chi connectivity index (χ1) is 15.9. The lowest BCUT2D eigenvalue weighted by Crippen LogP contribution is -2.46. The number of aliphatic imine (C=N–C) groups is 1. The van der Waals surface area contributed by atoms with E-state index in [2.05, 4.69) is 20.6 Å². The Labute approximate surface area is 193 Å². The Morgan fingerprint density at radius 3 is 2.76 bits per heavy atom. The predicted octanol–water partition coefficient (Wildman–Crippen LogP) is 0.0240. The zero-order chi connectivity index (χ0) is 23.6. The van der Waals surface area contributed by atoms with Crippen molar-refractivity contribution in [2.75, 3.05) is 32.7 Å². The lowest BCUT2D eigenvalue weighted by molar-refractivity contribution is -0.135. The van der Waals surface area contributed by atoms with Crippen LogP contribution in [-0.2, 0) is 9.59 Å². The fourth-order valence-electron chi connectivity index (χ4n) is 4.52. The number of hydrogen-bond acceptors (Lipinski definition) is 7. The number of oxazole rings is 1. The molecule has 11 heteroatoms. The maximum atomic E-state index is 12.8. The number of carbonyl (C=O) groups is 3. The Hall–Kier alpha value is -2.95. The Kier molecular flexibility index (Phi) is 9.23. The number of ketones is 1. The van der Waals surface area contributed by atoms with Gasteiger partial charge < -0.3 is 31.4 Å². The molecule has 1 aromatic heterocycles. The van der Waals surface area contributed by atoms with E-state index >= 15 is 0 Å². The van der Waals surface area contributed by atoms with Crippen molar-refractivity contribution in [2.45, 2.75) is 51.0 Å². The van der Waals surface area contributed by atoms with Gasteiger partial charge in [-0.3, -0.25) is 19.4 Å². The highest BCUT2D eigenvalue weighted by Crippen LogP contribution is 2.27. The first kappa shape index (κ1) is 24.7. The van der Waals surface area contributed by atoms with E-state index in [1.54, 1.807) is 4.90 Å². The molecule has 2 aliphatic heterocycles. The molecule has 2 saturated heterocycles. The second-order valence-corrected chi connectivity index (χ2v) is 8.79. The van der Waals surface area contributed by atoms with Crippen LogP contribution < -0.4 is 22.1 Å². The topological polar surface area (TPSA) is 169 Å². The fraction of sp³-hybridized carbons (Fsp3) is 0.682. The number of piperidine rings is 1. The standard InChI is InChI=1S/C22H35N7O4/c23-22(24)27-8-1-2-17(19(31)20-26-11-13-33-20)28-18(30)14-29-12-7-16(21(29)32)4-3-15-5-9-25-10-6-15/h11,13,15-17,25H,1-10,12,14H2,(H,28,30)(H4,23,24,27)/t16?,17-/m0/s1. The molecule has 3 rings (SSSR count). The SMILES string of the molecule is NC(N)=NCCC[C@H](NC(=O)CN1CCC(CCC2CCNCC2)C1=O)C(=O)c1ncco1. The van der Waals surface area contributed by atoms with Gasteiger partial charge in [-0.05, 0) is 64.0 Å². The first-order valence-electron chi connectivity index (χ1n) is 11.7. The second-order valence-electron chi connectivity index (χ2n) is 8.79. The minimum Gasteiger partial charge on any atom is -0.442 e. The maximum Gasteiger partial charge on any atom is 0.265 e. The molecule has 33 heavy (non-hydrogen) atoms. The zero-order valence-electron chi connectivity index (χ0n) is 19.0. The van der Waals surface area contributed by atoms with Crippen LogP contribution in [0.2, 0.25) is 0 Å². The molecule has 1 aromatic rings. The number of carbonyl (C=O) groups excluding carboxylic acids is 3. The molecule has 0 aliphatic carbocycles. The van der Waals surface area contributed by atoms with Gasteiger partial charge in [0.15, 0.2) is 5.96 Å². The average Bonchev–Trinajstić information content (AvgIpc) is 3.45. The van der Waals surface area contributed by atoms with E-state index in [-0.39, 0.29) is 36.1 Å². The Morgan fingerprint density at radius 2 is 2.06 bits per heavy atom. The van der Waals surface area contributed by atoms with Crippen LogP contribution in [0, 0.1) is 11.8 Å². The summed E-state index contributed by atoms with van der Waals surface area (Å²) >= 11 is 0. The summed E-state index contributed by atoms with van der Waals surface area (Å²) in [5, 5.41) is 6.10. The number of nitrogens with one attached hydrogen (secondary N) is 2. The number of amides is 2. The molecule has 2 aliphatic rings. The minimum absolute atomic E-state index is 0.0167. The summed E-state index contributed by atoms with van der Waals surface area (Å²) in [6.07, 6.45) is 8.50. The van der Waals surface area contributed by atoms with E-state index in [1.807, 2.05) is 0 Å². The highest BCUT2D eigenvalue weighted by atomic mass is 16.3. The van der Waals surface area contributed by atoms with E-state index < -0.39 is 11.8 Å². The van der Waals surface area contributed by atoms with Gasteiger partial charge in [-0.1, -0.05) is 0 Å². The lowest BCUT2D eigenvalue weighted by Gasteiger charge is -2.23. The van der Waals surface area contributed by atoms with Crippen molar-refractivity contribution in [1.29, 1.82) is 0 Å². The number of Topliss-reactive ketones (excluding diaryl/α,β-unsaturated/α-hetero) is 1. The summed E-state index contributed by atoms with van der Waals surface area (Å²) in [5.74, 6) is -0.217. The average molecular weight is 462 g/mol. The molecule has 3 heterocycles. The molecule has 2 atom stereocenters. The number of likely N-dealkylation sites (tertiary alicyclic amines) is 1. The van der Waals surface area contributed by atoms with Gasteiger partial charge in [0.05, 0.1) is 18.8 Å². The summed E-state index contributed by atoms with van der Waals surface area (Å²) in [6.45, 7) is 2.93. The van der Waals surface area contributed by atoms with Crippen LogP contribution in [-0.4, -0.2) is 72.2 Å². The molecular weight excluding hydrogens is 426 g/mol. The molecule has 0 spiro atoms. The predicted molar refractivity (Wildman–Crippen MR) is 122 cm³/mol. The summed E-state index contributed by atoms with van der Waals surface area (Å²) < 4.78 is 5.10. The molecule has 0 bridgehead atoms. The van der Waals surface area contributed by atoms with E-state index in [4.69, 9.17) is 15.9 Å². The number of aromatic nitrogens is 1. The van der Waals surface area contributed by atoms with Crippen LogP contribution >= 0.6 is 0 Å². The largest absolute Gasteiger partial charge is 0.442 e. The highest BCUT2D eigenvalue weighted by Gasteiger charge is 2.34. The summed E-state index contributed by atoms with van der Waals surface area (Å²) in [7, 11) is 0. The van der Waals surface area contributed by atoms with Crippen LogP contribution in [0.3, 0.4) is 0 Å². The van der Waals surface area contributed by atoms with Crippen molar-refractivity contribution < 1.29 is 18.8 Å². The van der Waals surface area contributed by atoms with Gasteiger partial charge in [0.2, 0.25) is 17.6 Å². The van der Waals surface area contributed by atoms with Crippen LogP contribution in [0.25, 0.3) is 0 Å². The molecule has 0 saturated carbocycles. The quantitative estimate of drug-likeness (QED) is 0.146. The van der Waals surface area contributed by atoms with Gasteiger partial charge >= 0.3 is 0 Å². The third kappa shape index (κ3) is 7.55. The van der Waals surface area contributed by atoms with Crippen molar-refractivity contribution in [3.8, 4) is 0 Å². The zero-order valence-corrected chi connectivity index (χ0v) is 19.0. The van der Waals surface area contributed by atoms with Gasteiger partial charge in [0.1, 0.15) is 6.26 Å². The van der Waals surface area contributed by atoms with Gasteiger partial charge in [-0.15, -0.1) is 0 Å². The van der Waals surface area contributed by atoms with Crippen molar-refractivity contribution in [3.63, 3.8) is 0 Å². The normalized spacial score (nSPS) is 19.9. The van der Waals surface area contributed by atoms with Crippen molar-refractivity contribution in [3.05, 3.63) is 18.4 Å². The van der Waals surface area contributed by atoms with E-state index in [0.717, 1.165) is 45.2 Å². The molecule has 6 N–H and O–H groups in total. The molecule has 1 unspecified atom stereocenters. The van der Waals surface area contributed by atoms with E-state index in [0.29, 0.717) is 31.8 Å². The Balaban J connectivity index is 1.49. The molecule has 182 valence electrons. The Morgan fingerprint density at radius 1 is 1.27 bits per heavy atom. The van der Waals surface area contributed by atoms with Gasteiger partial charge in [-0.2, -0.15) is 0 Å². The molecule has 11 nitrogen and oxygen atoms in total. The third-order valence-corrected chi connectivity index (χ3v) is 6.37. The van der Waals surface area contributed by atoms with Crippen molar-refractivity contribution >= 4 is 23.6 Å². The molecular formula is C22H35N7O4. The second kappa shape index (κ2) is 12.3. The van der Waals surface area contributed by atoms with E-state index in [1.165, 1.54) is 12.5 Å². The number of hydrogen-bond donors (Lipinski definition) is 4. The lowest BCUT2D eigenvalue weighted by atomic mass is 9.89. The monoisotopic (exact) mass is 461 g/mol. The van der Waals surface area contributed by atoms with E-state index in [9.17, 15) is 14.4 Å². The highest BCUT2D eigenvalue weighted by molar-refractivity contribution is 5.99.